The zero-order valence-electron chi connectivity index (χ0n) is 24.0. The van der Waals surface area contributed by atoms with Gasteiger partial charge in [-0.2, -0.15) is 9.97 Å². The first kappa shape index (κ1) is 27.0. The molecule has 224 valence electrons. The van der Waals surface area contributed by atoms with Gasteiger partial charge in [0.05, 0.1) is 23.1 Å². The van der Waals surface area contributed by atoms with Crippen LogP contribution in [0.1, 0.15) is 38.5 Å². The molecule has 8 rings (SSSR count). The van der Waals surface area contributed by atoms with Crippen LogP contribution < -0.4 is 9.64 Å². The molecule has 10 heteroatoms. The van der Waals surface area contributed by atoms with Gasteiger partial charge in [-0.25, -0.2) is 4.39 Å². The van der Waals surface area contributed by atoms with E-state index in [0.717, 1.165) is 62.4 Å². The maximum atomic E-state index is 16.7. The molecule has 2 aromatic carbocycles. The zero-order chi connectivity index (χ0) is 29.3. The summed E-state index contributed by atoms with van der Waals surface area (Å²) in [6.07, 6.45) is 7.63. The monoisotopic (exact) mass is 585 g/mol. The van der Waals surface area contributed by atoms with E-state index in [1.165, 1.54) is 6.07 Å². The van der Waals surface area contributed by atoms with Gasteiger partial charge in [0.15, 0.2) is 5.82 Å². The van der Waals surface area contributed by atoms with Gasteiger partial charge in [0.25, 0.3) is 0 Å². The summed E-state index contributed by atoms with van der Waals surface area (Å²) in [6, 6.07) is 10.8. The van der Waals surface area contributed by atoms with Gasteiger partial charge in [0, 0.05) is 36.7 Å². The minimum Gasteiger partial charge on any atom is -0.508 e. The molecular weight excluding hydrogens is 549 g/mol. The van der Waals surface area contributed by atoms with Crippen LogP contribution >= 0.6 is 0 Å². The topological polar surface area (TPSA) is 115 Å². The molecule has 2 unspecified atom stereocenters. The van der Waals surface area contributed by atoms with Crippen molar-refractivity contribution in [3.63, 3.8) is 0 Å². The van der Waals surface area contributed by atoms with E-state index >= 15 is 4.39 Å². The van der Waals surface area contributed by atoms with Gasteiger partial charge < -0.3 is 25.0 Å². The lowest BCUT2D eigenvalue weighted by Crippen LogP contribution is -2.56. The van der Waals surface area contributed by atoms with Gasteiger partial charge in [-0.05, 0) is 74.5 Å². The fraction of sp³-hybridized carbons (Fsp3) is 0.485. The van der Waals surface area contributed by atoms with E-state index in [0.29, 0.717) is 36.5 Å². The van der Waals surface area contributed by atoms with E-state index < -0.39 is 11.4 Å². The van der Waals surface area contributed by atoms with Crippen molar-refractivity contribution in [3.8, 4) is 23.0 Å². The summed E-state index contributed by atoms with van der Waals surface area (Å²) in [6.45, 7) is 3.28. The molecule has 0 spiro atoms. The van der Waals surface area contributed by atoms with E-state index in [9.17, 15) is 15.3 Å². The molecule has 2 aromatic heterocycles. The van der Waals surface area contributed by atoms with Crippen molar-refractivity contribution in [2.75, 3.05) is 44.3 Å². The minimum atomic E-state index is -1.11. The summed E-state index contributed by atoms with van der Waals surface area (Å²) in [5.74, 6) is -0.283. The lowest BCUT2D eigenvalue weighted by Gasteiger charge is -2.44. The lowest BCUT2D eigenvalue weighted by atomic mass is 9.81. The maximum absolute atomic E-state index is 16.7. The molecule has 2 atom stereocenters. The molecule has 1 saturated carbocycles. The van der Waals surface area contributed by atoms with Gasteiger partial charge >= 0.3 is 6.01 Å². The van der Waals surface area contributed by atoms with Gasteiger partial charge in [-0.1, -0.05) is 24.3 Å². The van der Waals surface area contributed by atoms with Gasteiger partial charge in [-0.3, -0.25) is 9.88 Å². The quantitative estimate of drug-likeness (QED) is 0.305. The normalized spacial score (nSPS) is 26.4. The molecule has 5 heterocycles. The summed E-state index contributed by atoms with van der Waals surface area (Å²) in [7, 11) is 0. The Bertz CT molecular complexity index is 1710. The number of phenolic OH excluding ortho intramolecular Hbond substituents is 1. The Labute approximate surface area is 249 Å². The first-order valence-corrected chi connectivity index (χ1v) is 15.4. The number of aliphatic hydroxyl groups is 2. The number of pyridine rings is 1. The van der Waals surface area contributed by atoms with Crippen molar-refractivity contribution < 1.29 is 24.4 Å². The molecule has 3 saturated heterocycles. The highest BCUT2D eigenvalue weighted by atomic mass is 19.1. The van der Waals surface area contributed by atoms with Crippen LogP contribution in [0.3, 0.4) is 0 Å². The van der Waals surface area contributed by atoms with Crippen LogP contribution in [0.5, 0.6) is 11.8 Å². The van der Waals surface area contributed by atoms with Crippen molar-refractivity contribution >= 4 is 27.5 Å². The predicted molar refractivity (Wildman–Crippen MR) is 161 cm³/mol. The Balaban J connectivity index is 1.25. The molecular formula is C33H36FN5O4. The number of ether oxygens (including phenoxy) is 1. The maximum Gasteiger partial charge on any atom is 0.319 e. The molecule has 3 N–H and O–H groups in total. The largest absolute Gasteiger partial charge is 0.508 e. The number of rotatable bonds is 6. The Kier molecular flexibility index (Phi) is 6.26. The number of aliphatic hydroxyl groups excluding tert-OH is 1. The number of nitrogens with zero attached hydrogens (tertiary/aromatic N) is 5. The third-order valence-electron chi connectivity index (χ3n) is 10.7. The number of benzene rings is 2. The van der Waals surface area contributed by atoms with Gasteiger partial charge in [0.2, 0.25) is 0 Å². The lowest BCUT2D eigenvalue weighted by molar-refractivity contribution is -0.0833. The SMILES string of the molecule is OCC1(O)C2CCC1CN(c1nc(OCC34CCCN3CCC4)nc3c(F)c(-c4cc(O)cc5ccccc45)ncc13)C2. The average Bonchev–Trinajstić information content (AvgIpc) is 3.63. The summed E-state index contributed by atoms with van der Waals surface area (Å²) in [5, 5.41) is 33.7. The van der Waals surface area contributed by atoms with E-state index in [1.54, 1.807) is 12.3 Å². The molecule has 0 radical (unpaired) electrons. The van der Waals surface area contributed by atoms with Crippen molar-refractivity contribution in [3.05, 3.63) is 48.4 Å². The first-order chi connectivity index (χ1) is 20.9. The van der Waals surface area contributed by atoms with Crippen LogP contribution in [0.15, 0.2) is 42.6 Å². The summed E-state index contributed by atoms with van der Waals surface area (Å²) in [5.41, 5.74) is -0.449. The van der Waals surface area contributed by atoms with Crippen molar-refractivity contribution in [1.82, 2.24) is 19.9 Å². The van der Waals surface area contributed by atoms with Gasteiger partial charge in [0.1, 0.15) is 29.4 Å². The third kappa shape index (κ3) is 4.17. The molecule has 4 fully saturated rings. The van der Waals surface area contributed by atoms with Crippen molar-refractivity contribution in [2.24, 2.45) is 11.8 Å². The van der Waals surface area contributed by atoms with Crippen molar-refractivity contribution in [1.29, 1.82) is 0 Å². The number of piperidine rings is 1. The summed E-state index contributed by atoms with van der Waals surface area (Å²) in [4.78, 5) is 18.7. The van der Waals surface area contributed by atoms with Crippen LogP contribution in [0.25, 0.3) is 32.9 Å². The fourth-order valence-electron chi connectivity index (χ4n) is 8.44. The van der Waals surface area contributed by atoms with Gasteiger partial charge in [-0.15, -0.1) is 0 Å². The highest BCUT2D eigenvalue weighted by Gasteiger charge is 2.53. The summed E-state index contributed by atoms with van der Waals surface area (Å²) >= 11 is 0. The molecule has 3 aliphatic heterocycles. The third-order valence-corrected chi connectivity index (χ3v) is 10.7. The number of aromatic nitrogens is 3. The van der Waals surface area contributed by atoms with Crippen LogP contribution in [0.2, 0.25) is 0 Å². The highest BCUT2D eigenvalue weighted by molar-refractivity contribution is 5.99. The highest BCUT2D eigenvalue weighted by Crippen LogP contribution is 2.47. The molecule has 43 heavy (non-hydrogen) atoms. The molecule has 4 aliphatic rings. The molecule has 1 aliphatic carbocycles. The smallest absolute Gasteiger partial charge is 0.319 e. The second-order valence-corrected chi connectivity index (χ2v) is 13.0. The zero-order valence-corrected chi connectivity index (χ0v) is 24.0. The van der Waals surface area contributed by atoms with Crippen LogP contribution in [-0.2, 0) is 0 Å². The average molecular weight is 586 g/mol. The standard InChI is InChI=1S/C33H36FN5O4/c34-27-28(25-14-23(41)13-20-5-1-2-6-24(20)25)35-15-26-29(27)36-31(43-19-32-9-3-11-39(32)12-4-10-32)37-30(26)38-16-21-7-8-22(17-38)33(21,42)18-40/h1-2,5-6,13-15,21-22,40-42H,3-4,7-12,16-19H2. The van der Waals surface area contributed by atoms with E-state index in [2.05, 4.69) is 19.8 Å². The number of hydrogen-bond acceptors (Lipinski definition) is 9. The number of fused-ring (bicyclic) bond motifs is 5. The van der Waals surface area contributed by atoms with E-state index in [1.807, 2.05) is 24.3 Å². The number of hydrogen-bond donors (Lipinski definition) is 3. The second kappa shape index (κ2) is 9.97. The van der Waals surface area contributed by atoms with Crippen LogP contribution in [0.4, 0.5) is 10.2 Å². The molecule has 9 nitrogen and oxygen atoms in total. The van der Waals surface area contributed by atoms with Crippen molar-refractivity contribution in [2.45, 2.75) is 49.7 Å². The number of anilines is 1. The Morgan fingerprint density at radius 2 is 1.74 bits per heavy atom. The van der Waals surface area contributed by atoms with E-state index in [4.69, 9.17) is 9.72 Å². The number of aromatic hydroxyl groups is 1. The first-order valence-electron chi connectivity index (χ1n) is 15.4. The number of phenols is 1. The Hall–Kier alpha value is -3.60. The Morgan fingerprint density at radius 3 is 2.49 bits per heavy atom. The van der Waals surface area contributed by atoms with E-state index in [-0.39, 0.29) is 47.0 Å². The second-order valence-electron chi connectivity index (χ2n) is 13.0. The minimum absolute atomic E-state index is 0.0250. The molecule has 4 aromatic rings. The fourth-order valence-corrected chi connectivity index (χ4v) is 8.44. The van der Waals surface area contributed by atoms with Crippen LogP contribution in [-0.4, -0.2) is 85.7 Å². The summed E-state index contributed by atoms with van der Waals surface area (Å²) < 4.78 is 23.0. The van der Waals surface area contributed by atoms with Crippen LogP contribution in [0, 0.1) is 17.7 Å². The number of halogens is 1. The molecule has 2 bridgehead atoms. The predicted octanol–water partition coefficient (Wildman–Crippen LogP) is 4.27. The molecule has 0 amide bonds. The Morgan fingerprint density at radius 1 is 1.00 bits per heavy atom.